The molecule has 0 aliphatic rings. The lowest BCUT2D eigenvalue weighted by Crippen LogP contribution is -2.42. The van der Waals surface area contributed by atoms with Gasteiger partial charge in [-0.1, -0.05) is 6.07 Å². The largest absolute Gasteiger partial charge is 0.573 e. The molecule has 20 heavy (non-hydrogen) atoms. The topological polar surface area (TPSA) is 98.5 Å². The van der Waals surface area contributed by atoms with Crippen LogP contribution in [0.15, 0.2) is 29.2 Å². The van der Waals surface area contributed by atoms with Gasteiger partial charge in [0.05, 0.1) is 10.9 Å². The monoisotopic (exact) mass is 312 g/mol. The first-order chi connectivity index (χ1) is 9.01. The Morgan fingerprint density at radius 1 is 1.40 bits per heavy atom. The number of hydrogen-bond donors (Lipinski definition) is 2. The number of carbonyl (C=O) groups is 1. The van der Waals surface area contributed by atoms with Gasteiger partial charge in [-0.15, -0.1) is 13.2 Å². The number of primary amides is 1. The summed E-state index contributed by atoms with van der Waals surface area (Å²) < 4.78 is 65.3. The van der Waals surface area contributed by atoms with E-state index < -0.39 is 39.0 Å². The molecule has 0 fully saturated rings. The van der Waals surface area contributed by atoms with E-state index in [1.807, 2.05) is 4.72 Å². The number of nitrogens with two attached hydrogens (primary N) is 1. The molecule has 3 N–H and O–H groups in total. The lowest BCUT2D eigenvalue weighted by molar-refractivity contribution is -0.274. The van der Waals surface area contributed by atoms with Crippen molar-refractivity contribution in [2.24, 2.45) is 5.73 Å². The summed E-state index contributed by atoms with van der Waals surface area (Å²) in [5.74, 6) is -1.61. The third-order valence-electron chi connectivity index (χ3n) is 2.11. The highest BCUT2D eigenvalue weighted by molar-refractivity contribution is 7.89. The third kappa shape index (κ3) is 4.70. The zero-order chi connectivity index (χ0) is 15.6. The molecule has 0 heterocycles. The average Bonchev–Trinajstić information content (AvgIpc) is 2.26. The Hall–Kier alpha value is -1.81. The van der Waals surface area contributed by atoms with Gasteiger partial charge in [0.15, 0.2) is 0 Å². The number of amides is 1. The van der Waals surface area contributed by atoms with Crippen LogP contribution >= 0.6 is 0 Å². The lowest BCUT2D eigenvalue weighted by atomic mass is 10.3. The van der Waals surface area contributed by atoms with Crippen LogP contribution in [0.2, 0.25) is 0 Å². The standard InChI is InChI=1S/C10H11F3N2O4S/c1-6(9(14)16)15-20(17,18)8-4-2-3-7(5-8)19-10(11,12)13/h2-6,15H,1H3,(H2,14,16). The van der Waals surface area contributed by atoms with Gasteiger partial charge in [-0.3, -0.25) is 4.79 Å². The van der Waals surface area contributed by atoms with Crippen molar-refractivity contribution in [3.63, 3.8) is 0 Å². The number of ether oxygens (including phenoxy) is 1. The first kappa shape index (κ1) is 16.2. The molecule has 0 saturated heterocycles. The lowest BCUT2D eigenvalue weighted by Gasteiger charge is -2.13. The minimum atomic E-state index is -4.93. The van der Waals surface area contributed by atoms with Crippen LogP contribution in [0, 0.1) is 0 Å². The number of hydrogen-bond acceptors (Lipinski definition) is 4. The van der Waals surface area contributed by atoms with Crippen molar-refractivity contribution in [1.82, 2.24) is 4.72 Å². The smallest absolute Gasteiger partial charge is 0.406 e. The summed E-state index contributed by atoms with van der Waals surface area (Å²) in [4.78, 5) is 10.3. The highest BCUT2D eigenvalue weighted by Crippen LogP contribution is 2.24. The molecule has 0 saturated carbocycles. The number of nitrogens with one attached hydrogen (secondary N) is 1. The van der Waals surface area contributed by atoms with Crippen molar-refractivity contribution in [2.45, 2.75) is 24.2 Å². The van der Waals surface area contributed by atoms with Crippen molar-refractivity contribution in [1.29, 1.82) is 0 Å². The Kier molecular flexibility index (Phi) is 4.61. The summed E-state index contributed by atoms with van der Waals surface area (Å²) >= 11 is 0. The summed E-state index contributed by atoms with van der Waals surface area (Å²) in [6, 6.07) is 2.56. The van der Waals surface area contributed by atoms with Gasteiger partial charge in [0.25, 0.3) is 0 Å². The van der Waals surface area contributed by atoms with E-state index in [0.717, 1.165) is 18.2 Å². The fourth-order valence-corrected chi connectivity index (χ4v) is 2.44. The molecule has 0 bridgehead atoms. The van der Waals surface area contributed by atoms with Crippen LogP contribution in [0.5, 0.6) is 5.75 Å². The van der Waals surface area contributed by atoms with Crippen LogP contribution in [0.4, 0.5) is 13.2 Å². The Morgan fingerprint density at radius 3 is 2.50 bits per heavy atom. The van der Waals surface area contributed by atoms with E-state index in [4.69, 9.17) is 5.73 Å². The fraction of sp³-hybridized carbons (Fsp3) is 0.300. The number of alkyl halides is 3. The fourth-order valence-electron chi connectivity index (χ4n) is 1.20. The molecular formula is C10H11F3N2O4S. The van der Waals surface area contributed by atoms with E-state index in [0.29, 0.717) is 6.07 Å². The number of halogens is 3. The van der Waals surface area contributed by atoms with Crippen molar-refractivity contribution < 1.29 is 31.1 Å². The van der Waals surface area contributed by atoms with Crippen molar-refractivity contribution in [3.05, 3.63) is 24.3 Å². The van der Waals surface area contributed by atoms with Crippen LogP contribution in [0.1, 0.15) is 6.92 Å². The van der Waals surface area contributed by atoms with Gasteiger partial charge < -0.3 is 10.5 Å². The quantitative estimate of drug-likeness (QED) is 0.837. The summed E-state index contributed by atoms with van der Waals surface area (Å²) in [5, 5.41) is 0. The van der Waals surface area contributed by atoms with Crippen LogP contribution in [0.25, 0.3) is 0 Å². The van der Waals surface area contributed by atoms with Gasteiger partial charge in [0.1, 0.15) is 5.75 Å². The van der Waals surface area contributed by atoms with Crippen molar-refractivity contribution in [2.75, 3.05) is 0 Å². The highest BCUT2D eigenvalue weighted by atomic mass is 32.2. The Balaban J connectivity index is 3.02. The second-order valence-corrected chi connectivity index (χ2v) is 5.48. The number of sulfonamides is 1. The van der Waals surface area contributed by atoms with E-state index in [1.165, 1.54) is 6.92 Å². The molecule has 10 heteroatoms. The van der Waals surface area contributed by atoms with Gasteiger partial charge in [0, 0.05) is 6.07 Å². The third-order valence-corrected chi connectivity index (χ3v) is 3.65. The van der Waals surface area contributed by atoms with Gasteiger partial charge in [-0.25, -0.2) is 8.42 Å². The highest BCUT2D eigenvalue weighted by Gasteiger charge is 2.31. The molecule has 1 rings (SSSR count). The summed E-state index contributed by atoms with van der Waals surface area (Å²) in [5.41, 5.74) is 4.90. The average molecular weight is 312 g/mol. The summed E-state index contributed by atoms with van der Waals surface area (Å²) in [6.07, 6.45) is -4.93. The van der Waals surface area contributed by atoms with Crippen molar-refractivity contribution >= 4 is 15.9 Å². The minimum Gasteiger partial charge on any atom is -0.406 e. The second kappa shape index (κ2) is 5.67. The van der Waals surface area contributed by atoms with Crippen LogP contribution in [-0.2, 0) is 14.8 Å². The molecule has 0 spiro atoms. The molecule has 1 aromatic carbocycles. The zero-order valence-corrected chi connectivity index (χ0v) is 11.0. The molecule has 1 unspecified atom stereocenters. The summed E-state index contributed by atoms with van der Waals surface area (Å²) in [6.45, 7) is 1.20. The minimum absolute atomic E-state index is 0.479. The SMILES string of the molecule is CC(NS(=O)(=O)c1cccc(OC(F)(F)F)c1)C(N)=O. The number of carbonyl (C=O) groups excluding carboxylic acids is 1. The molecule has 0 aliphatic carbocycles. The second-order valence-electron chi connectivity index (χ2n) is 3.77. The van der Waals surface area contributed by atoms with Crippen LogP contribution in [-0.4, -0.2) is 26.7 Å². The van der Waals surface area contributed by atoms with Gasteiger partial charge in [-0.2, -0.15) is 4.72 Å². The molecule has 112 valence electrons. The van der Waals surface area contributed by atoms with E-state index >= 15 is 0 Å². The van der Waals surface area contributed by atoms with E-state index in [9.17, 15) is 26.4 Å². The molecule has 1 amide bonds. The molecule has 0 aromatic heterocycles. The Labute approximate surface area is 112 Å². The van der Waals surface area contributed by atoms with Crippen molar-refractivity contribution in [3.8, 4) is 5.75 Å². The summed E-state index contributed by atoms with van der Waals surface area (Å²) in [7, 11) is -4.18. The van der Waals surface area contributed by atoms with E-state index in [1.54, 1.807) is 0 Å². The maximum Gasteiger partial charge on any atom is 0.573 e. The predicted molar refractivity (Wildman–Crippen MR) is 62.1 cm³/mol. The normalized spacial score (nSPS) is 13.8. The molecule has 0 aliphatic heterocycles. The zero-order valence-electron chi connectivity index (χ0n) is 10.1. The van der Waals surface area contributed by atoms with E-state index in [-0.39, 0.29) is 0 Å². The molecular weight excluding hydrogens is 301 g/mol. The molecule has 0 radical (unpaired) electrons. The van der Waals surface area contributed by atoms with Gasteiger partial charge >= 0.3 is 6.36 Å². The van der Waals surface area contributed by atoms with Gasteiger partial charge in [-0.05, 0) is 19.1 Å². The molecule has 1 atom stereocenters. The van der Waals surface area contributed by atoms with Crippen LogP contribution in [0.3, 0.4) is 0 Å². The Morgan fingerprint density at radius 2 is 2.00 bits per heavy atom. The predicted octanol–water partition coefficient (Wildman–Crippen LogP) is 0.737. The first-order valence-corrected chi connectivity index (χ1v) is 6.67. The number of benzene rings is 1. The van der Waals surface area contributed by atoms with E-state index in [2.05, 4.69) is 4.74 Å². The first-order valence-electron chi connectivity index (χ1n) is 5.19. The maximum atomic E-state index is 12.0. The molecule has 1 aromatic rings. The van der Waals surface area contributed by atoms with Gasteiger partial charge in [0.2, 0.25) is 15.9 Å². The maximum absolute atomic E-state index is 12.0. The Bertz CT molecular complexity index is 601. The number of rotatable bonds is 5. The molecule has 6 nitrogen and oxygen atoms in total. The van der Waals surface area contributed by atoms with Crippen LogP contribution < -0.4 is 15.2 Å².